The lowest BCUT2D eigenvalue weighted by molar-refractivity contribution is -0.125. The molecule has 3 aromatic rings. The Bertz CT molecular complexity index is 1260. The van der Waals surface area contributed by atoms with Crippen LogP contribution in [0.2, 0.25) is 0 Å². The largest absolute Gasteiger partial charge is 0.497 e. The fourth-order valence-electron chi connectivity index (χ4n) is 4.23. The minimum Gasteiger partial charge on any atom is -0.497 e. The third-order valence-corrected chi connectivity index (χ3v) is 6.29. The predicted molar refractivity (Wildman–Crippen MR) is 131 cm³/mol. The number of nitrogens with zero attached hydrogens (tertiary/aromatic N) is 4. The molecule has 1 amide bonds. The smallest absolute Gasteiger partial charge is 0.225 e. The minimum absolute atomic E-state index is 0.0193. The molecule has 1 aliphatic heterocycles. The van der Waals surface area contributed by atoms with Crippen LogP contribution in [-0.2, 0) is 11.3 Å². The highest BCUT2D eigenvalue weighted by Crippen LogP contribution is 2.30. The second-order valence-corrected chi connectivity index (χ2v) is 8.62. The molecule has 2 heterocycles. The second kappa shape index (κ2) is 10.4. The van der Waals surface area contributed by atoms with Gasteiger partial charge >= 0.3 is 0 Å². The van der Waals surface area contributed by atoms with Gasteiger partial charge in [-0.2, -0.15) is 10.2 Å². The zero-order valence-corrected chi connectivity index (χ0v) is 19.7. The van der Waals surface area contributed by atoms with Gasteiger partial charge in [-0.05, 0) is 49.6 Å². The molecule has 1 fully saturated rings. The Balaban J connectivity index is 1.49. The van der Waals surface area contributed by atoms with Gasteiger partial charge in [0.25, 0.3) is 0 Å². The summed E-state index contributed by atoms with van der Waals surface area (Å²) in [7, 11) is 1.61. The number of carbonyl (C=O) groups is 1. The molecule has 1 aromatic heterocycles. The summed E-state index contributed by atoms with van der Waals surface area (Å²) in [6, 6.07) is 15.6. The maximum absolute atomic E-state index is 14.2. The van der Waals surface area contributed by atoms with Crippen LogP contribution < -0.4 is 20.7 Å². The van der Waals surface area contributed by atoms with Crippen LogP contribution in [0.1, 0.15) is 30.9 Å². The third-order valence-electron chi connectivity index (χ3n) is 6.29. The van der Waals surface area contributed by atoms with E-state index in [0.29, 0.717) is 30.2 Å². The Morgan fingerprint density at radius 3 is 2.69 bits per heavy atom. The van der Waals surface area contributed by atoms with Crippen LogP contribution in [0.4, 0.5) is 16.2 Å². The molecule has 0 spiro atoms. The van der Waals surface area contributed by atoms with Crippen LogP contribution in [0, 0.1) is 23.1 Å². The first-order valence-corrected chi connectivity index (χ1v) is 11.4. The number of methoxy groups -OCH3 is 1. The van der Waals surface area contributed by atoms with Gasteiger partial charge in [0.2, 0.25) is 11.9 Å². The number of amides is 1. The van der Waals surface area contributed by atoms with Crippen molar-refractivity contribution in [2.45, 2.75) is 32.4 Å². The van der Waals surface area contributed by atoms with Crippen LogP contribution in [0.15, 0.2) is 48.5 Å². The van der Waals surface area contributed by atoms with E-state index < -0.39 is 5.82 Å². The average molecular weight is 475 g/mol. The molecule has 9 heteroatoms. The molecule has 35 heavy (non-hydrogen) atoms. The van der Waals surface area contributed by atoms with E-state index in [-0.39, 0.29) is 29.4 Å². The third kappa shape index (κ3) is 5.49. The Labute approximate surface area is 203 Å². The van der Waals surface area contributed by atoms with Crippen LogP contribution in [0.5, 0.6) is 5.75 Å². The first kappa shape index (κ1) is 24.0. The molecule has 1 aliphatic rings. The van der Waals surface area contributed by atoms with Crippen LogP contribution in [0.25, 0.3) is 11.3 Å². The van der Waals surface area contributed by atoms with Crippen molar-refractivity contribution in [3.8, 4) is 23.1 Å². The monoisotopic (exact) mass is 474 g/mol. The molecule has 2 unspecified atom stereocenters. The molecule has 0 bridgehead atoms. The highest BCUT2D eigenvalue weighted by molar-refractivity contribution is 5.79. The first-order chi connectivity index (χ1) is 16.9. The van der Waals surface area contributed by atoms with Gasteiger partial charge in [0, 0.05) is 30.8 Å². The number of hydrogen-bond acceptors (Lipinski definition) is 7. The number of carbonyl (C=O) groups excluding carboxylic acids is 1. The van der Waals surface area contributed by atoms with Crippen molar-refractivity contribution in [2.75, 3.05) is 24.3 Å². The van der Waals surface area contributed by atoms with Gasteiger partial charge in [0.15, 0.2) is 0 Å². The normalized spacial score (nSPS) is 17.5. The summed E-state index contributed by atoms with van der Waals surface area (Å²) >= 11 is 0. The second-order valence-electron chi connectivity index (χ2n) is 8.62. The van der Waals surface area contributed by atoms with Crippen molar-refractivity contribution in [1.29, 1.82) is 5.26 Å². The van der Waals surface area contributed by atoms with E-state index in [1.165, 1.54) is 12.1 Å². The van der Waals surface area contributed by atoms with Gasteiger partial charge in [0.05, 0.1) is 24.3 Å². The molecular weight excluding hydrogens is 447 g/mol. The number of nitriles is 1. The van der Waals surface area contributed by atoms with Gasteiger partial charge in [0.1, 0.15) is 23.5 Å². The van der Waals surface area contributed by atoms with Gasteiger partial charge in [-0.1, -0.05) is 18.2 Å². The number of nitrogens with two attached hydrogens (primary N) is 1. The molecule has 8 nitrogen and oxygen atoms in total. The summed E-state index contributed by atoms with van der Waals surface area (Å²) in [6.07, 6.45) is 1.58. The molecule has 0 aliphatic carbocycles. The number of halogens is 1. The quantitative estimate of drug-likeness (QED) is 0.560. The summed E-state index contributed by atoms with van der Waals surface area (Å²) in [6.45, 7) is 2.99. The number of rotatable bonds is 6. The number of aromatic nitrogens is 2. The van der Waals surface area contributed by atoms with Crippen molar-refractivity contribution < 1.29 is 13.9 Å². The summed E-state index contributed by atoms with van der Waals surface area (Å²) < 4.78 is 19.3. The number of anilines is 2. The van der Waals surface area contributed by atoms with Crippen molar-refractivity contribution in [3.63, 3.8) is 0 Å². The summed E-state index contributed by atoms with van der Waals surface area (Å²) in [5, 5.41) is 12.0. The van der Waals surface area contributed by atoms with Crippen LogP contribution >= 0.6 is 0 Å². The Hall–Kier alpha value is -4.19. The van der Waals surface area contributed by atoms with Crippen molar-refractivity contribution in [3.05, 3.63) is 65.5 Å². The lowest BCUT2D eigenvalue weighted by atomic mass is 9.92. The number of nitrogens with one attached hydrogen (secondary N) is 1. The van der Waals surface area contributed by atoms with Gasteiger partial charge < -0.3 is 20.7 Å². The molecule has 4 rings (SSSR count). The van der Waals surface area contributed by atoms with E-state index >= 15 is 0 Å². The van der Waals surface area contributed by atoms with Crippen molar-refractivity contribution in [2.24, 2.45) is 5.92 Å². The summed E-state index contributed by atoms with van der Waals surface area (Å²) in [4.78, 5) is 23.6. The molecule has 180 valence electrons. The molecule has 1 saturated heterocycles. The fraction of sp³-hybridized carbons (Fsp3) is 0.308. The molecule has 2 atom stereocenters. The number of nitrogen functional groups attached to an aromatic ring is 1. The standard InChI is InChI=1S/C26H27FN6O2/c1-16-3-6-20(25(34)30-14-17-4-9-21(35-2)10-5-17)15-33(16)24-12-23(31-26(29)32-24)18-7-8-19(13-28)22(27)11-18/h4-5,7-12,16,20H,3,6,14-15H2,1-2H3,(H,30,34)(H2,29,31,32). The lowest BCUT2D eigenvalue weighted by Crippen LogP contribution is -2.47. The zero-order chi connectivity index (χ0) is 24.9. The van der Waals surface area contributed by atoms with Crippen LogP contribution in [-0.4, -0.2) is 35.6 Å². The van der Waals surface area contributed by atoms with E-state index in [9.17, 15) is 9.18 Å². The molecule has 0 saturated carbocycles. The minimum atomic E-state index is -0.622. The van der Waals surface area contributed by atoms with E-state index in [1.54, 1.807) is 19.2 Å². The SMILES string of the molecule is COc1ccc(CNC(=O)C2CCC(C)N(c3cc(-c4ccc(C#N)c(F)c4)nc(N)n3)C2)cc1. The van der Waals surface area contributed by atoms with E-state index in [1.807, 2.05) is 35.2 Å². The molecule has 2 aromatic carbocycles. The maximum atomic E-state index is 14.2. The topological polar surface area (TPSA) is 117 Å². The predicted octanol–water partition coefficient (Wildman–Crippen LogP) is 3.67. The Kier molecular flexibility index (Phi) is 7.11. The van der Waals surface area contributed by atoms with Gasteiger partial charge in [-0.25, -0.2) is 9.37 Å². The molecule has 0 radical (unpaired) electrons. The Morgan fingerprint density at radius 2 is 2.00 bits per heavy atom. The summed E-state index contributed by atoms with van der Waals surface area (Å²) in [5.41, 5.74) is 7.89. The highest BCUT2D eigenvalue weighted by atomic mass is 19.1. The molecular formula is C26H27FN6O2. The van der Waals surface area contributed by atoms with E-state index in [0.717, 1.165) is 24.2 Å². The van der Waals surface area contributed by atoms with Gasteiger partial charge in [-0.3, -0.25) is 4.79 Å². The van der Waals surface area contributed by atoms with E-state index in [2.05, 4.69) is 22.2 Å². The fourth-order valence-corrected chi connectivity index (χ4v) is 4.23. The average Bonchev–Trinajstić information content (AvgIpc) is 2.87. The first-order valence-electron chi connectivity index (χ1n) is 11.4. The zero-order valence-electron chi connectivity index (χ0n) is 19.7. The number of ether oxygens (including phenoxy) is 1. The van der Waals surface area contributed by atoms with E-state index in [4.69, 9.17) is 15.7 Å². The number of piperidine rings is 1. The maximum Gasteiger partial charge on any atom is 0.225 e. The number of hydrogen-bond donors (Lipinski definition) is 2. The van der Waals surface area contributed by atoms with Crippen molar-refractivity contribution in [1.82, 2.24) is 15.3 Å². The summed E-state index contributed by atoms with van der Waals surface area (Å²) in [5.74, 6) is 0.552. The van der Waals surface area contributed by atoms with Crippen LogP contribution in [0.3, 0.4) is 0 Å². The lowest BCUT2D eigenvalue weighted by Gasteiger charge is -2.38. The number of benzene rings is 2. The van der Waals surface area contributed by atoms with Gasteiger partial charge in [-0.15, -0.1) is 0 Å². The highest BCUT2D eigenvalue weighted by Gasteiger charge is 2.31. The Morgan fingerprint density at radius 1 is 1.23 bits per heavy atom. The van der Waals surface area contributed by atoms with Crippen molar-refractivity contribution >= 4 is 17.7 Å². The molecule has 3 N–H and O–H groups in total.